The van der Waals surface area contributed by atoms with E-state index < -0.39 is 10.0 Å². The van der Waals surface area contributed by atoms with Crippen LogP contribution in [-0.4, -0.2) is 41.6 Å². The summed E-state index contributed by atoms with van der Waals surface area (Å²) in [5, 5.41) is 2.85. The Bertz CT molecular complexity index is 1260. The first-order chi connectivity index (χ1) is 16.8. The lowest BCUT2D eigenvalue weighted by atomic mass is 10.1. The van der Waals surface area contributed by atoms with Gasteiger partial charge in [0, 0.05) is 6.54 Å². The number of methoxy groups -OCH3 is 2. The lowest BCUT2D eigenvalue weighted by Crippen LogP contribution is -2.41. The zero-order valence-corrected chi connectivity index (χ0v) is 21.4. The molecule has 0 bridgehead atoms. The van der Waals surface area contributed by atoms with Crippen molar-refractivity contribution >= 4 is 21.6 Å². The van der Waals surface area contributed by atoms with Crippen LogP contribution in [0.25, 0.3) is 0 Å². The summed E-state index contributed by atoms with van der Waals surface area (Å²) in [5.41, 5.74) is 3.51. The summed E-state index contributed by atoms with van der Waals surface area (Å²) in [6, 6.07) is 19.2. The molecule has 35 heavy (non-hydrogen) atoms. The van der Waals surface area contributed by atoms with E-state index in [-0.39, 0.29) is 17.3 Å². The van der Waals surface area contributed by atoms with Crippen LogP contribution in [0, 0.1) is 13.8 Å². The van der Waals surface area contributed by atoms with Crippen molar-refractivity contribution in [1.82, 2.24) is 5.32 Å². The second-order valence-corrected chi connectivity index (χ2v) is 10.1. The molecule has 0 saturated heterocycles. The average molecular weight is 497 g/mol. The Hall–Kier alpha value is -3.52. The maximum absolute atomic E-state index is 13.4. The summed E-state index contributed by atoms with van der Waals surface area (Å²) in [6.45, 7) is 3.98. The fraction of sp³-hybridized carbons (Fsp3) is 0.296. The number of sulfonamides is 1. The third kappa shape index (κ3) is 6.54. The molecule has 7 nitrogen and oxygen atoms in total. The van der Waals surface area contributed by atoms with E-state index in [0.717, 1.165) is 23.1 Å². The van der Waals surface area contributed by atoms with Crippen LogP contribution >= 0.6 is 0 Å². The molecular formula is C27H32N2O5S. The van der Waals surface area contributed by atoms with Crippen molar-refractivity contribution in [3.05, 3.63) is 83.4 Å². The van der Waals surface area contributed by atoms with E-state index in [4.69, 9.17) is 9.47 Å². The van der Waals surface area contributed by atoms with Gasteiger partial charge in [-0.05, 0) is 79.8 Å². The Balaban J connectivity index is 1.68. The highest BCUT2D eigenvalue weighted by atomic mass is 32.2. The Morgan fingerprint density at radius 1 is 0.886 bits per heavy atom. The first kappa shape index (κ1) is 26.1. The molecule has 1 amide bonds. The molecule has 0 spiro atoms. The number of ether oxygens (including phenoxy) is 2. The average Bonchev–Trinajstić information content (AvgIpc) is 2.87. The predicted molar refractivity (Wildman–Crippen MR) is 138 cm³/mol. The van der Waals surface area contributed by atoms with Gasteiger partial charge in [0.05, 0.1) is 24.8 Å². The van der Waals surface area contributed by atoms with E-state index in [1.165, 1.54) is 16.4 Å². The summed E-state index contributed by atoms with van der Waals surface area (Å²) >= 11 is 0. The van der Waals surface area contributed by atoms with Gasteiger partial charge in [0.1, 0.15) is 6.54 Å². The molecule has 3 rings (SSSR count). The second-order valence-electron chi connectivity index (χ2n) is 8.24. The summed E-state index contributed by atoms with van der Waals surface area (Å²) in [5.74, 6) is 0.954. The van der Waals surface area contributed by atoms with Crippen LogP contribution in [0.3, 0.4) is 0 Å². The lowest BCUT2D eigenvalue weighted by Gasteiger charge is -2.25. The molecule has 0 aliphatic carbocycles. The number of anilines is 1. The molecule has 0 atom stereocenters. The van der Waals surface area contributed by atoms with Crippen LogP contribution in [-0.2, 0) is 21.2 Å². The van der Waals surface area contributed by atoms with E-state index in [0.29, 0.717) is 30.2 Å². The summed E-state index contributed by atoms with van der Waals surface area (Å²) in [6.07, 6.45) is 1.42. The van der Waals surface area contributed by atoms with E-state index in [9.17, 15) is 13.2 Å². The highest BCUT2D eigenvalue weighted by Gasteiger charge is 2.27. The van der Waals surface area contributed by atoms with Gasteiger partial charge < -0.3 is 14.8 Å². The molecular weight excluding hydrogens is 464 g/mol. The number of nitrogens with one attached hydrogen (secondary N) is 1. The minimum absolute atomic E-state index is 0.138. The van der Waals surface area contributed by atoms with Crippen molar-refractivity contribution in [3.63, 3.8) is 0 Å². The first-order valence-electron chi connectivity index (χ1n) is 11.4. The number of carbonyl (C=O) groups is 1. The molecule has 0 aliphatic rings. The number of aryl methyl sites for hydroxylation is 3. The van der Waals surface area contributed by atoms with Crippen molar-refractivity contribution in [1.29, 1.82) is 0 Å². The summed E-state index contributed by atoms with van der Waals surface area (Å²) in [4.78, 5) is 12.9. The highest BCUT2D eigenvalue weighted by Crippen LogP contribution is 2.28. The van der Waals surface area contributed by atoms with Gasteiger partial charge in [-0.25, -0.2) is 8.42 Å². The smallest absolute Gasteiger partial charge is 0.264 e. The topological polar surface area (TPSA) is 84.9 Å². The maximum atomic E-state index is 13.4. The van der Waals surface area contributed by atoms with Gasteiger partial charge in [0.2, 0.25) is 5.91 Å². The van der Waals surface area contributed by atoms with Crippen molar-refractivity contribution < 1.29 is 22.7 Å². The summed E-state index contributed by atoms with van der Waals surface area (Å²) in [7, 11) is -0.741. The van der Waals surface area contributed by atoms with Crippen LogP contribution < -0.4 is 19.1 Å². The predicted octanol–water partition coefficient (Wildman–Crippen LogP) is 4.26. The first-order valence-corrected chi connectivity index (χ1v) is 12.8. The molecule has 0 saturated carbocycles. The molecule has 0 fully saturated rings. The van der Waals surface area contributed by atoms with Gasteiger partial charge in [0.25, 0.3) is 10.0 Å². The van der Waals surface area contributed by atoms with Crippen molar-refractivity contribution in [2.45, 2.75) is 31.6 Å². The monoisotopic (exact) mass is 496 g/mol. The number of benzene rings is 3. The third-order valence-corrected chi connectivity index (χ3v) is 7.60. The van der Waals surface area contributed by atoms with Crippen LogP contribution in [0.15, 0.2) is 71.6 Å². The van der Waals surface area contributed by atoms with E-state index in [1.54, 1.807) is 44.6 Å². The Kier molecular flexibility index (Phi) is 8.76. The van der Waals surface area contributed by atoms with Gasteiger partial charge in [0.15, 0.2) is 11.5 Å². The largest absolute Gasteiger partial charge is 0.493 e. The number of nitrogens with zero attached hydrogens (tertiary/aromatic N) is 1. The fourth-order valence-corrected chi connectivity index (χ4v) is 5.09. The summed E-state index contributed by atoms with van der Waals surface area (Å²) < 4.78 is 38.6. The van der Waals surface area contributed by atoms with Crippen molar-refractivity contribution in [3.8, 4) is 11.5 Å². The quantitative estimate of drug-likeness (QED) is 0.401. The second kappa shape index (κ2) is 11.8. The number of rotatable bonds is 11. The molecule has 1 N–H and O–H groups in total. The zero-order chi connectivity index (χ0) is 25.4. The molecule has 0 aliphatic heterocycles. The van der Waals surface area contributed by atoms with Gasteiger partial charge in [-0.3, -0.25) is 9.10 Å². The van der Waals surface area contributed by atoms with Gasteiger partial charge in [-0.15, -0.1) is 0 Å². The van der Waals surface area contributed by atoms with Gasteiger partial charge in [-0.2, -0.15) is 0 Å². The molecule has 0 aromatic heterocycles. The number of hydrogen-bond donors (Lipinski definition) is 1. The molecule has 186 valence electrons. The van der Waals surface area contributed by atoms with E-state index in [2.05, 4.69) is 5.32 Å². The molecule has 3 aromatic carbocycles. The van der Waals surface area contributed by atoms with Crippen LogP contribution in [0.2, 0.25) is 0 Å². The number of hydrogen-bond acceptors (Lipinski definition) is 5. The van der Waals surface area contributed by atoms with E-state index in [1.807, 2.05) is 38.1 Å². The van der Waals surface area contributed by atoms with Crippen LogP contribution in [0.4, 0.5) is 5.69 Å². The standard InChI is InChI=1S/C27H32N2O5S/c1-20-12-14-23(17-21(20)2)29(35(31,32)24-10-6-5-7-11-24)19-27(30)28-16-8-9-22-13-15-25(33-3)26(18-22)34-4/h5-7,10-15,17-18H,8-9,16,19H2,1-4H3,(H,28,30). The number of carbonyl (C=O) groups excluding carboxylic acids is 1. The highest BCUT2D eigenvalue weighted by molar-refractivity contribution is 7.92. The third-order valence-electron chi connectivity index (χ3n) is 5.81. The minimum Gasteiger partial charge on any atom is -0.493 e. The molecule has 8 heteroatoms. The van der Waals surface area contributed by atoms with Crippen LogP contribution in [0.1, 0.15) is 23.1 Å². The number of amides is 1. The minimum atomic E-state index is -3.92. The molecule has 3 aromatic rings. The Labute approximate surface area is 207 Å². The van der Waals surface area contributed by atoms with Gasteiger partial charge in [-0.1, -0.05) is 30.3 Å². The Morgan fingerprint density at radius 3 is 2.26 bits per heavy atom. The maximum Gasteiger partial charge on any atom is 0.264 e. The van der Waals surface area contributed by atoms with Crippen molar-refractivity contribution in [2.75, 3.05) is 31.6 Å². The molecule has 0 radical (unpaired) electrons. The lowest BCUT2D eigenvalue weighted by molar-refractivity contribution is -0.119. The fourth-order valence-electron chi connectivity index (χ4n) is 3.66. The van der Waals surface area contributed by atoms with Crippen molar-refractivity contribution in [2.24, 2.45) is 0 Å². The van der Waals surface area contributed by atoms with Gasteiger partial charge >= 0.3 is 0 Å². The zero-order valence-electron chi connectivity index (χ0n) is 20.6. The molecule has 0 unspecified atom stereocenters. The normalized spacial score (nSPS) is 11.1. The van der Waals surface area contributed by atoms with E-state index >= 15 is 0 Å². The Morgan fingerprint density at radius 2 is 1.60 bits per heavy atom. The van der Waals surface area contributed by atoms with Crippen LogP contribution in [0.5, 0.6) is 11.5 Å². The molecule has 0 heterocycles. The SMILES string of the molecule is COc1ccc(CCCNC(=O)CN(c2ccc(C)c(C)c2)S(=O)(=O)c2ccccc2)cc1OC.